The Morgan fingerprint density at radius 1 is 1.08 bits per heavy atom. The molecule has 11 nitrogen and oxygen atoms in total. The van der Waals surface area contributed by atoms with Gasteiger partial charge in [0.1, 0.15) is 17.9 Å². The second kappa shape index (κ2) is 29.7. The SMILES string of the molecule is C\C=C/C(O)=C\C=C\CSC(C)C(CC(/C=C(\C)C1CCC(O)CCC/C=C(\C)CC(C)CCC2OC(O)(C(=O)C(=O)N(CCC)C(CC)C(=O)O1)C(C)CC2OC)CCC)OC. The van der Waals surface area contributed by atoms with E-state index < -0.39 is 53.7 Å². The number of rotatable bonds is 17. The highest BCUT2D eigenvalue weighted by atomic mass is 32.2. The fourth-order valence-electron chi connectivity index (χ4n) is 8.92. The summed E-state index contributed by atoms with van der Waals surface area (Å²) in [5.74, 6) is -4.43. The van der Waals surface area contributed by atoms with Gasteiger partial charge in [-0.05, 0) is 134 Å². The number of aliphatic hydroxyl groups excluding tert-OH is 2. The Labute approximate surface area is 385 Å². The van der Waals surface area contributed by atoms with E-state index in [1.165, 1.54) is 10.5 Å². The molecule has 1 amide bonds. The topological polar surface area (TPSA) is 152 Å². The van der Waals surface area contributed by atoms with Crippen LogP contribution in [0.4, 0.5) is 0 Å². The molecule has 63 heavy (non-hydrogen) atoms. The lowest BCUT2D eigenvalue weighted by atomic mass is 9.83. The largest absolute Gasteiger partial charge is 0.508 e. The molecule has 11 atom stereocenters. The van der Waals surface area contributed by atoms with Gasteiger partial charge in [-0.2, -0.15) is 11.8 Å². The Morgan fingerprint density at radius 2 is 1.81 bits per heavy atom. The van der Waals surface area contributed by atoms with Gasteiger partial charge in [-0.1, -0.05) is 83.9 Å². The normalized spacial score (nSPS) is 30.9. The maximum atomic E-state index is 14.4. The van der Waals surface area contributed by atoms with Gasteiger partial charge < -0.3 is 39.2 Å². The number of fused-ring (bicyclic) bond motifs is 2. The Balaban J connectivity index is 2.51. The molecule has 2 aliphatic heterocycles. The number of carbonyl (C=O) groups is 3. The summed E-state index contributed by atoms with van der Waals surface area (Å²) in [4.78, 5) is 44.2. The van der Waals surface area contributed by atoms with Crippen LogP contribution < -0.4 is 0 Å². The molecule has 2 bridgehead atoms. The molecule has 2 rings (SSSR count). The van der Waals surface area contributed by atoms with Crippen molar-refractivity contribution >= 4 is 29.4 Å². The van der Waals surface area contributed by atoms with Gasteiger partial charge in [0.15, 0.2) is 0 Å². The molecule has 11 unspecified atom stereocenters. The third-order valence-electron chi connectivity index (χ3n) is 12.7. The summed E-state index contributed by atoms with van der Waals surface area (Å²) in [6.07, 6.45) is 20.0. The van der Waals surface area contributed by atoms with Crippen molar-refractivity contribution in [3.05, 3.63) is 59.4 Å². The highest BCUT2D eigenvalue weighted by Gasteiger charge is 2.54. The number of thioether (sulfide) groups is 1. The van der Waals surface area contributed by atoms with Gasteiger partial charge in [0.25, 0.3) is 11.7 Å². The standard InChI is InChI=1S/C51H85NO10S/c1-12-20-40(34-46(59-10)39(9)63-30-19-18-24-41(53)21-13-2)32-37(7)44-28-26-42(54)23-17-16-22-35(5)31-36(6)25-27-45-47(60-11)33-38(8)51(58,62-45)48(55)49(56)52(29-14-3)43(15-4)50(57)61-44/h13,18-19,21-22,24,32,36,38-40,42-47,53-54,58H,12,14-17,20,23,25-31,33-34H2,1-11H3/b19-18+,21-13-,35-22+,37-32+,41-24+. The minimum Gasteiger partial charge on any atom is -0.508 e. The maximum absolute atomic E-state index is 14.4. The van der Waals surface area contributed by atoms with E-state index in [0.717, 1.165) is 56.3 Å². The number of allylic oxidation sites excluding steroid dienone is 7. The molecule has 0 aromatic carbocycles. The Hall–Kier alpha value is -2.74. The van der Waals surface area contributed by atoms with Crippen LogP contribution in [0.2, 0.25) is 0 Å². The number of esters is 1. The third kappa shape index (κ3) is 18.6. The van der Waals surface area contributed by atoms with Gasteiger partial charge in [-0.25, -0.2) is 4.79 Å². The minimum atomic E-state index is -2.38. The maximum Gasteiger partial charge on any atom is 0.329 e. The van der Waals surface area contributed by atoms with Gasteiger partial charge in [-0.3, -0.25) is 9.59 Å². The van der Waals surface area contributed by atoms with Gasteiger partial charge >= 0.3 is 5.97 Å². The number of cyclic esters (lactones) is 1. The molecule has 0 aromatic rings. The average Bonchev–Trinajstić information content (AvgIpc) is 3.24. The van der Waals surface area contributed by atoms with E-state index >= 15 is 0 Å². The van der Waals surface area contributed by atoms with E-state index in [-0.39, 0.29) is 42.1 Å². The first-order valence-corrected chi connectivity index (χ1v) is 24.9. The number of methoxy groups -OCH3 is 2. The number of amides is 1. The summed E-state index contributed by atoms with van der Waals surface area (Å²) < 4.78 is 24.4. The minimum absolute atomic E-state index is 0.0503. The van der Waals surface area contributed by atoms with Crippen LogP contribution in [-0.4, -0.2) is 112 Å². The highest BCUT2D eigenvalue weighted by Crippen LogP contribution is 2.38. The quantitative estimate of drug-likeness (QED) is 0.0421. The number of ether oxygens (including phenoxy) is 4. The molecule has 12 heteroatoms. The number of nitrogens with zero attached hydrogens (tertiary/aromatic N) is 1. The van der Waals surface area contributed by atoms with Crippen molar-refractivity contribution in [2.24, 2.45) is 17.8 Å². The van der Waals surface area contributed by atoms with Gasteiger partial charge in [0, 0.05) is 37.7 Å². The van der Waals surface area contributed by atoms with Crippen molar-refractivity contribution in [3.63, 3.8) is 0 Å². The fraction of sp³-hybridized carbons (Fsp3) is 0.745. The molecule has 0 spiro atoms. The average molecular weight is 904 g/mol. The molecule has 1 fully saturated rings. The second-order valence-corrected chi connectivity index (χ2v) is 19.5. The summed E-state index contributed by atoms with van der Waals surface area (Å²) in [5.41, 5.74) is 2.13. The van der Waals surface area contributed by atoms with Crippen molar-refractivity contribution in [2.45, 2.75) is 200 Å². The zero-order valence-electron chi connectivity index (χ0n) is 40.7. The van der Waals surface area contributed by atoms with Crippen molar-refractivity contribution in [1.82, 2.24) is 4.90 Å². The Morgan fingerprint density at radius 3 is 2.44 bits per heavy atom. The first kappa shape index (κ1) is 56.4. The fourth-order valence-corrected chi connectivity index (χ4v) is 9.89. The molecular weight excluding hydrogens is 819 g/mol. The van der Waals surface area contributed by atoms with E-state index in [4.69, 9.17) is 18.9 Å². The molecular formula is C51H85NO10S. The summed E-state index contributed by atoms with van der Waals surface area (Å²) in [5, 5.41) is 33.2. The van der Waals surface area contributed by atoms with Crippen LogP contribution in [0.3, 0.4) is 0 Å². The molecule has 0 radical (unpaired) electrons. The van der Waals surface area contributed by atoms with E-state index in [0.29, 0.717) is 44.4 Å². The Bertz CT molecular complexity index is 1540. The van der Waals surface area contributed by atoms with Gasteiger partial charge in [0.05, 0.1) is 24.4 Å². The lowest BCUT2D eigenvalue weighted by Gasteiger charge is -2.45. The predicted molar refractivity (Wildman–Crippen MR) is 255 cm³/mol. The van der Waals surface area contributed by atoms with Gasteiger partial charge in [0.2, 0.25) is 5.79 Å². The van der Waals surface area contributed by atoms with Crippen molar-refractivity contribution in [1.29, 1.82) is 0 Å². The second-order valence-electron chi connectivity index (χ2n) is 18.1. The third-order valence-corrected chi connectivity index (χ3v) is 13.9. The molecule has 2 aliphatic rings. The lowest BCUT2D eigenvalue weighted by Crippen LogP contribution is -2.62. The molecule has 3 N–H and O–H groups in total. The van der Waals surface area contributed by atoms with Crippen LogP contribution >= 0.6 is 11.8 Å². The molecule has 0 saturated carbocycles. The van der Waals surface area contributed by atoms with Crippen molar-refractivity contribution < 1.29 is 48.7 Å². The van der Waals surface area contributed by atoms with Crippen molar-refractivity contribution in [3.8, 4) is 0 Å². The van der Waals surface area contributed by atoms with Crippen LogP contribution in [0.5, 0.6) is 0 Å². The Kier molecular flexibility index (Phi) is 26.6. The zero-order valence-corrected chi connectivity index (χ0v) is 41.5. The smallest absolute Gasteiger partial charge is 0.329 e. The van der Waals surface area contributed by atoms with E-state index in [1.54, 1.807) is 58.1 Å². The van der Waals surface area contributed by atoms with Crippen molar-refractivity contribution in [2.75, 3.05) is 26.5 Å². The predicted octanol–water partition coefficient (Wildman–Crippen LogP) is 10.2. The summed E-state index contributed by atoms with van der Waals surface area (Å²) in [6.45, 7) is 17.9. The monoisotopic (exact) mass is 904 g/mol. The number of hydrogen-bond donors (Lipinski definition) is 3. The number of ketones is 1. The molecule has 360 valence electrons. The van der Waals surface area contributed by atoms with Gasteiger partial charge in [-0.15, -0.1) is 0 Å². The first-order valence-electron chi connectivity index (χ1n) is 23.8. The molecule has 0 aliphatic carbocycles. The van der Waals surface area contributed by atoms with Crippen LogP contribution in [-0.2, 0) is 33.3 Å². The number of carbonyl (C=O) groups excluding carboxylic acids is 3. The summed E-state index contributed by atoms with van der Waals surface area (Å²) >= 11 is 1.77. The van der Waals surface area contributed by atoms with E-state index in [9.17, 15) is 29.7 Å². The zero-order chi connectivity index (χ0) is 47.1. The lowest BCUT2D eigenvalue weighted by molar-refractivity contribution is -0.287. The molecule has 2 heterocycles. The van der Waals surface area contributed by atoms with Crippen LogP contribution in [0.15, 0.2) is 59.4 Å². The number of aliphatic hydroxyl groups is 3. The van der Waals surface area contributed by atoms with Crippen LogP contribution in [0.1, 0.15) is 152 Å². The summed E-state index contributed by atoms with van der Waals surface area (Å²) in [7, 11) is 3.33. The molecule has 0 aromatic heterocycles. The van der Waals surface area contributed by atoms with Crippen LogP contribution in [0, 0.1) is 17.8 Å². The highest BCUT2D eigenvalue weighted by molar-refractivity contribution is 8.00. The number of hydrogen-bond acceptors (Lipinski definition) is 11. The molecule has 1 saturated heterocycles. The van der Waals surface area contributed by atoms with E-state index in [2.05, 4.69) is 39.8 Å². The number of Topliss-reactive ketones (excluding diaryl/α,β-unsaturated/α-hetero) is 1. The van der Waals surface area contributed by atoms with E-state index in [1.807, 2.05) is 32.9 Å². The van der Waals surface area contributed by atoms with Crippen LogP contribution in [0.25, 0.3) is 0 Å². The summed E-state index contributed by atoms with van der Waals surface area (Å²) in [6, 6.07) is -1.08. The first-order chi connectivity index (χ1) is 30.0.